The summed E-state index contributed by atoms with van der Waals surface area (Å²) in [7, 11) is 0. The molecule has 3 rings (SSSR count). The smallest absolute Gasteiger partial charge is 0.306 e. The van der Waals surface area contributed by atoms with Crippen molar-refractivity contribution in [3.63, 3.8) is 0 Å². The lowest BCUT2D eigenvalue weighted by Gasteiger charge is -2.40. The molecular weight excluding hydrogens is 306 g/mol. The molecule has 0 bridgehead atoms. The van der Waals surface area contributed by atoms with Crippen LogP contribution in [0.3, 0.4) is 0 Å². The van der Waals surface area contributed by atoms with E-state index in [4.69, 9.17) is 5.11 Å². The van der Waals surface area contributed by atoms with Gasteiger partial charge in [-0.15, -0.1) is 0 Å². The van der Waals surface area contributed by atoms with Crippen molar-refractivity contribution in [2.24, 2.45) is 5.92 Å². The van der Waals surface area contributed by atoms with E-state index in [2.05, 4.69) is 26.9 Å². The van der Waals surface area contributed by atoms with Gasteiger partial charge >= 0.3 is 5.97 Å². The van der Waals surface area contributed by atoms with Gasteiger partial charge in [-0.25, -0.2) is 0 Å². The van der Waals surface area contributed by atoms with Crippen LogP contribution in [-0.2, 0) is 4.79 Å². The van der Waals surface area contributed by atoms with Gasteiger partial charge in [0.15, 0.2) is 0 Å². The lowest BCUT2D eigenvalue weighted by Crippen LogP contribution is -2.48. The number of carbonyl (C=O) groups is 1. The van der Waals surface area contributed by atoms with Crippen LogP contribution in [0.1, 0.15) is 32.1 Å². The van der Waals surface area contributed by atoms with Crippen LogP contribution < -0.4 is 4.90 Å². The Labute approximate surface area is 143 Å². The molecule has 0 aromatic carbocycles. The Bertz CT molecular complexity index is 536. The molecule has 0 atom stereocenters. The fourth-order valence-electron chi connectivity index (χ4n) is 3.96. The van der Waals surface area contributed by atoms with E-state index in [1.54, 1.807) is 0 Å². The number of aromatic nitrogens is 1. The second-order valence-corrected chi connectivity index (χ2v) is 7.23. The molecule has 0 unspecified atom stereocenters. The minimum Gasteiger partial charge on any atom is -0.481 e. The van der Waals surface area contributed by atoms with E-state index in [1.165, 1.54) is 5.69 Å². The van der Waals surface area contributed by atoms with E-state index in [9.17, 15) is 9.90 Å². The zero-order valence-electron chi connectivity index (χ0n) is 14.1. The molecule has 0 amide bonds. The number of aliphatic hydroxyl groups is 1. The third-order valence-electron chi connectivity index (χ3n) is 5.43. The number of carboxylic acid groups (broad SMARTS) is 1. The molecule has 1 aliphatic carbocycles. The summed E-state index contributed by atoms with van der Waals surface area (Å²) in [4.78, 5) is 19.8. The van der Waals surface area contributed by atoms with Gasteiger partial charge in [-0.1, -0.05) is 0 Å². The summed E-state index contributed by atoms with van der Waals surface area (Å²) in [6.45, 7) is 5.23. The van der Waals surface area contributed by atoms with Crippen molar-refractivity contribution in [1.29, 1.82) is 0 Å². The van der Waals surface area contributed by atoms with Crippen molar-refractivity contribution in [3.05, 3.63) is 24.5 Å². The van der Waals surface area contributed by atoms with E-state index < -0.39 is 11.6 Å². The molecular formula is C18H27N3O3. The van der Waals surface area contributed by atoms with Crippen molar-refractivity contribution in [2.45, 2.75) is 37.7 Å². The average Bonchev–Trinajstić information content (AvgIpc) is 2.58. The first-order valence-electron chi connectivity index (χ1n) is 8.86. The van der Waals surface area contributed by atoms with Crippen LogP contribution in [0.25, 0.3) is 0 Å². The van der Waals surface area contributed by atoms with Gasteiger partial charge in [-0.3, -0.25) is 14.7 Å². The lowest BCUT2D eigenvalue weighted by molar-refractivity contribution is -0.144. The highest BCUT2D eigenvalue weighted by Gasteiger charge is 2.35. The molecule has 1 aromatic rings. The molecule has 2 aliphatic rings. The zero-order chi connectivity index (χ0) is 17.0. The van der Waals surface area contributed by atoms with Gasteiger partial charge in [0, 0.05) is 50.8 Å². The first kappa shape index (κ1) is 17.2. The number of rotatable bonds is 5. The van der Waals surface area contributed by atoms with Crippen molar-refractivity contribution < 1.29 is 15.0 Å². The summed E-state index contributed by atoms with van der Waals surface area (Å²) in [6, 6.07) is 4.11. The molecule has 1 saturated heterocycles. The van der Waals surface area contributed by atoms with Gasteiger partial charge in [0.05, 0.1) is 12.0 Å². The highest BCUT2D eigenvalue weighted by atomic mass is 16.4. The highest BCUT2D eigenvalue weighted by molar-refractivity contribution is 5.68. The second-order valence-electron chi connectivity index (χ2n) is 7.23. The molecule has 0 radical (unpaired) electrons. The standard InChI is InChI=1S/C18H27N3O3/c22-17(23)13-18(24)5-1-15(2-6-18)14-20-9-11-21(12-10-20)16-3-7-19-8-4-16/h3-4,7-8,15,24H,1-2,5-6,9-14H2,(H,22,23). The Balaban J connectivity index is 1.42. The first-order chi connectivity index (χ1) is 11.5. The molecule has 132 valence electrons. The van der Waals surface area contributed by atoms with Crippen LogP contribution in [0.5, 0.6) is 0 Å². The van der Waals surface area contributed by atoms with E-state index in [1.807, 2.05) is 12.4 Å². The molecule has 1 saturated carbocycles. The molecule has 1 aromatic heterocycles. The van der Waals surface area contributed by atoms with Crippen molar-refractivity contribution >= 4 is 11.7 Å². The van der Waals surface area contributed by atoms with Gasteiger partial charge in [0.25, 0.3) is 0 Å². The molecule has 1 aliphatic heterocycles. The molecule has 2 N–H and O–H groups in total. The Kier molecular flexibility index (Phi) is 5.36. The third-order valence-corrected chi connectivity index (χ3v) is 5.43. The minimum atomic E-state index is -0.984. The predicted molar refractivity (Wildman–Crippen MR) is 92.1 cm³/mol. The lowest BCUT2D eigenvalue weighted by atomic mass is 9.77. The summed E-state index contributed by atoms with van der Waals surface area (Å²) < 4.78 is 0. The zero-order valence-corrected chi connectivity index (χ0v) is 14.1. The summed E-state index contributed by atoms with van der Waals surface area (Å²) >= 11 is 0. The maximum atomic E-state index is 10.8. The summed E-state index contributed by atoms with van der Waals surface area (Å²) in [5.74, 6) is -0.324. The summed E-state index contributed by atoms with van der Waals surface area (Å²) in [5.41, 5.74) is 0.253. The fourth-order valence-corrected chi connectivity index (χ4v) is 3.96. The van der Waals surface area contributed by atoms with Gasteiger partial charge in [-0.2, -0.15) is 0 Å². The van der Waals surface area contributed by atoms with Crippen LogP contribution in [0.4, 0.5) is 5.69 Å². The summed E-state index contributed by atoms with van der Waals surface area (Å²) in [5, 5.41) is 19.2. The summed E-state index contributed by atoms with van der Waals surface area (Å²) in [6.07, 6.45) is 6.62. The number of hydrogen-bond donors (Lipinski definition) is 2. The monoisotopic (exact) mass is 333 g/mol. The fraction of sp³-hybridized carbons (Fsp3) is 0.667. The molecule has 6 heteroatoms. The topological polar surface area (TPSA) is 76.9 Å². The van der Waals surface area contributed by atoms with Crippen LogP contribution in [0.15, 0.2) is 24.5 Å². The number of aliphatic carboxylic acids is 1. The van der Waals surface area contributed by atoms with Gasteiger partial charge < -0.3 is 15.1 Å². The normalized spacial score (nSPS) is 28.7. The van der Waals surface area contributed by atoms with Gasteiger partial charge in [0.1, 0.15) is 0 Å². The largest absolute Gasteiger partial charge is 0.481 e. The molecule has 6 nitrogen and oxygen atoms in total. The van der Waals surface area contributed by atoms with E-state index in [0.717, 1.165) is 45.6 Å². The number of pyridine rings is 1. The highest BCUT2D eigenvalue weighted by Crippen LogP contribution is 2.35. The quantitative estimate of drug-likeness (QED) is 0.852. The van der Waals surface area contributed by atoms with Crippen molar-refractivity contribution in [2.75, 3.05) is 37.6 Å². The maximum Gasteiger partial charge on any atom is 0.306 e. The molecule has 2 fully saturated rings. The molecule has 24 heavy (non-hydrogen) atoms. The Morgan fingerprint density at radius 3 is 2.38 bits per heavy atom. The molecule has 0 spiro atoms. The van der Waals surface area contributed by atoms with Crippen LogP contribution in [0.2, 0.25) is 0 Å². The van der Waals surface area contributed by atoms with E-state index >= 15 is 0 Å². The van der Waals surface area contributed by atoms with Crippen molar-refractivity contribution in [3.8, 4) is 0 Å². The predicted octanol–water partition coefficient (Wildman–Crippen LogP) is 1.60. The average molecular weight is 333 g/mol. The number of carboxylic acids is 1. The Morgan fingerprint density at radius 1 is 1.17 bits per heavy atom. The Hall–Kier alpha value is -1.66. The van der Waals surface area contributed by atoms with E-state index in [0.29, 0.717) is 18.8 Å². The van der Waals surface area contributed by atoms with E-state index in [-0.39, 0.29) is 6.42 Å². The number of anilines is 1. The van der Waals surface area contributed by atoms with Crippen LogP contribution in [-0.4, -0.2) is 64.4 Å². The third kappa shape index (κ3) is 4.45. The molecule has 2 heterocycles. The number of hydrogen-bond acceptors (Lipinski definition) is 5. The number of nitrogens with zero attached hydrogens (tertiary/aromatic N) is 3. The second kappa shape index (κ2) is 7.49. The SMILES string of the molecule is O=C(O)CC1(O)CCC(CN2CCN(c3ccncc3)CC2)CC1. The minimum absolute atomic E-state index is 0.121. The Morgan fingerprint density at radius 2 is 1.79 bits per heavy atom. The maximum absolute atomic E-state index is 10.8. The first-order valence-corrected chi connectivity index (χ1v) is 8.86. The van der Waals surface area contributed by atoms with Crippen LogP contribution >= 0.6 is 0 Å². The van der Waals surface area contributed by atoms with Gasteiger partial charge in [-0.05, 0) is 43.7 Å². The number of piperazine rings is 1. The van der Waals surface area contributed by atoms with Crippen LogP contribution in [0, 0.1) is 5.92 Å². The van der Waals surface area contributed by atoms with Gasteiger partial charge in [0.2, 0.25) is 0 Å². The van der Waals surface area contributed by atoms with Crippen molar-refractivity contribution in [1.82, 2.24) is 9.88 Å².